The van der Waals surface area contributed by atoms with Crippen LogP contribution in [-0.2, 0) is 9.53 Å². The second-order valence-corrected chi connectivity index (χ2v) is 5.27. The summed E-state index contributed by atoms with van der Waals surface area (Å²) in [6.45, 7) is 4.25. The van der Waals surface area contributed by atoms with Gasteiger partial charge in [0.05, 0.1) is 0 Å². The fourth-order valence-electron chi connectivity index (χ4n) is 2.50. The highest BCUT2D eigenvalue weighted by atomic mass is 16.5. The molecule has 18 heavy (non-hydrogen) atoms. The Morgan fingerprint density at radius 1 is 1.06 bits per heavy atom. The van der Waals surface area contributed by atoms with Gasteiger partial charge in [-0.2, -0.15) is 0 Å². The molecule has 2 heteroatoms. The van der Waals surface area contributed by atoms with E-state index in [1.54, 1.807) is 0 Å². The van der Waals surface area contributed by atoms with Crippen LogP contribution in [0.4, 0.5) is 0 Å². The molecule has 0 aromatic carbocycles. The van der Waals surface area contributed by atoms with Crippen molar-refractivity contribution in [3.8, 4) is 0 Å². The Balaban J connectivity index is 2.29. The van der Waals surface area contributed by atoms with Crippen molar-refractivity contribution in [2.24, 2.45) is 0 Å². The van der Waals surface area contributed by atoms with Crippen molar-refractivity contribution in [3.63, 3.8) is 0 Å². The predicted molar refractivity (Wildman–Crippen MR) is 75.3 cm³/mol. The monoisotopic (exact) mass is 252 g/mol. The normalized spacial score (nSPS) is 15.2. The molecule has 0 N–H and O–H groups in total. The minimum absolute atomic E-state index is 0.0436. The van der Waals surface area contributed by atoms with Crippen LogP contribution >= 0.6 is 0 Å². The lowest BCUT2D eigenvalue weighted by Gasteiger charge is -2.08. The van der Waals surface area contributed by atoms with Crippen LogP contribution in [0.3, 0.4) is 0 Å². The summed E-state index contributed by atoms with van der Waals surface area (Å²) in [5, 5.41) is 0. The minimum atomic E-state index is -0.0436. The highest BCUT2D eigenvalue weighted by molar-refractivity contribution is 5.70. The van der Waals surface area contributed by atoms with E-state index in [-0.39, 0.29) is 5.97 Å². The van der Waals surface area contributed by atoms with Crippen LogP contribution in [0.15, 0.2) is 11.3 Å². The van der Waals surface area contributed by atoms with Gasteiger partial charge in [0, 0.05) is 12.8 Å². The van der Waals surface area contributed by atoms with Crippen LogP contribution in [0.25, 0.3) is 0 Å². The molecule has 0 bridgehead atoms. The van der Waals surface area contributed by atoms with E-state index in [1.165, 1.54) is 44.1 Å². The van der Waals surface area contributed by atoms with Crippen molar-refractivity contribution in [3.05, 3.63) is 11.3 Å². The fourth-order valence-corrected chi connectivity index (χ4v) is 2.50. The highest BCUT2D eigenvalue weighted by Crippen LogP contribution is 2.31. The Hall–Kier alpha value is -0.790. The standard InChI is InChI=1S/C16H28O2/c1-3-5-6-7-8-11-14-12-9-13-15(14)18-16(17)10-4-2/h3-13H2,1-2H3. The third-order valence-corrected chi connectivity index (χ3v) is 3.55. The molecule has 0 fully saturated rings. The van der Waals surface area contributed by atoms with Crippen LogP contribution in [0, 0.1) is 0 Å². The van der Waals surface area contributed by atoms with E-state index in [1.807, 2.05) is 6.92 Å². The average Bonchev–Trinajstić information content (AvgIpc) is 2.77. The molecule has 2 nitrogen and oxygen atoms in total. The van der Waals surface area contributed by atoms with Gasteiger partial charge in [0.2, 0.25) is 0 Å². The minimum Gasteiger partial charge on any atom is -0.431 e. The lowest BCUT2D eigenvalue weighted by Crippen LogP contribution is -2.03. The fraction of sp³-hybridized carbons (Fsp3) is 0.812. The van der Waals surface area contributed by atoms with Crippen molar-refractivity contribution >= 4 is 5.97 Å². The van der Waals surface area contributed by atoms with Gasteiger partial charge in [0.25, 0.3) is 0 Å². The third kappa shape index (κ3) is 5.70. The summed E-state index contributed by atoms with van der Waals surface area (Å²) in [5.41, 5.74) is 1.41. The smallest absolute Gasteiger partial charge is 0.310 e. The van der Waals surface area contributed by atoms with E-state index in [0.717, 1.165) is 31.4 Å². The zero-order valence-electron chi connectivity index (χ0n) is 12.1. The van der Waals surface area contributed by atoms with Gasteiger partial charge in [-0.1, -0.05) is 39.5 Å². The molecule has 0 unspecified atom stereocenters. The van der Waals surface area contributed by atoms with Crippen LogP contribution in [-0.4, -0.2) is 5.97 Å². The second-order valence-electron chi connectivity index (χ2n) is 5.27. The number of hydrogen-bond donors (Lipinski definition) is 0. The molecule has 0 atom stereocenters. The van der Waals surface area contributed by atoms with Gasteiger partial charge < -0.3 is 4.74 Å². The zero-order valence-corrected chi connectivity index (χ0v) is 12.1. The summed E-state index contributed by atoms with van der Waals surface area (Å²) in [6.07, 6.45) is 12.4. The molecule has 0 saturated heterocycles. The van der Waals surface area contributed by atoms with Gasteiger partial charge in [0.1, 0.15) is 5.76 Å². The summed E-state index contributed by atoms with van der Waals surface area (Å²) in [4.78, 5) is 11.5. The number of carbonyl (C=O) groups excluding carboxylic acids is 1. The Morgan fingerprint density at radius 3 is 2.56 bits per heavy atom. The molecular weight excluding hydrogens is 224 g/mol. The lowest BCUT2D eigenvalue weighted by molar-refractivity contribution is -0.139. The van der Waals surface area contributed by atoms with Crippen molar-refractivity contribution < 1.29 is 9.53 Å². The van der Waals surface area contributed by atoms with E-state index in [9.17, 15) is 4.79 Å². The first kappa shape index (κ1) is 15.3. The second kappa shape index (κ2) is 9.18. The first-order valence-electron chi connectivity index (χ1n) is 7.69. The van der Waals surface area contributed by atoms with Crippen LogP contribution in [0.2, 0.25) is 0 Å². The maximum Gasteiger partial charge on any atom is 0.310 e. The number of allylic oxidation sites excluding steroid dienone is 2. The lowest BCUT2D eigenvalue weighted by atomic mass is 10.1. The number of unbranched alkanes of at least 4 members (excludes halogenated alkanes) is 4. The van der Waals surface area contributed by atoms with Gasteiger partial charge in [-0.15, -0.1) is 0 Å². The van der Waals surface area contributed by atoms with Crippen LogP contribution in [0.5, 0.6) is 0 Å². The predicted octanol–water partition coefficient (Wildman–Crippen LogP) is 5.13. The van der Waals surface area contributed by atoms with Gasteiger partial charge in [-0.25, -0.2) is 0 Å². The summed E-state index contributed by atoms with van der Waals surface area (Å²) >= 11 is 0. The molecule has 0 saturated carbocycles. The summed E-state index contributed by atoms with van der Waals surface area (Å²) in [5.74, 6) is 0.960. The molecule has 1 aliphatic rings. The van der Waals surface area contributed by atoms with E-state index >= 15 is 0 Å². The maximum atomic E-state index is 11.5. The largest absolute Gasteiger partial charge is 0.431 e. The maximum absolute atomic E-state index is 11.5. The summed E-state index contributed by atoms with van der Waals surface area (Å²) in [6, 6.07) is 0. The van der Waals surface area contributed by atoms with E-state index in [4.69, 9.17) is 4.74 Å². The Morgan fingerprint density at radius 2 is 1.83 bits per heavy atom. The van der Waals surface area contributed by atoms with Crippen LogP contribution in [0.1, 0.15) is 84.5 Å². The van der Waals surface area contributed by atoms with Crippen LogP contribution < -0.4 is 0 Å². The van der Waals surface area contributed by atoms with E-state index in [0.29, 0.717) is 6.42 Å². The number of rotatable bonds is 9. The topological polar surface area (TPSA) is 26.3 Å². The van der Waals surface area contributed by atoms with E-state index in [2.05, 4.69) is 6.92 Å². The molecule has 1 rings (SSSR count). The zero-order chi connectivity index (χ0) is 13.2. The number of hydrogen-bond acceptors (Lipinski definition) is 2. The number of ether oxygens (including phenoxy) is 1. The number of esters is 1. The van der Waals surface area contributed by atoms with Crippen molar-refractivity contribution in [2.75, 3.05) is 0 Å². The molecule has 0 spiro atoms. The molecule has 0 radical (unpaired) electrons. The van der Waals surface area contributed by atoms with Crippen molar-refractivity contribution in [2.45, 2.75) is 84.5 Å². The summed E-state index contributed by atoms with van der Waals surface area (Å²) < 4.78 is 5.48. The molecule has 0 amide bonds. The van der Waals surface area contributed by atoms with E-state index < -0.39 is 0 Å². The quantitative estimate of drug-likeness (QED) is 0.420. The molecule has 0 aromatic heterocycles. The van der Waals surface area contributed by atoms with Crippen molar-refractivity contribution in [1.29, 1.82) is 0 Å². The molecule has 104 valence electrons. The number of carbonyl (C=O) groups is 1. The molecule has 0 aromatic rings. The van der Waals surface area contributed by atoms with Gasteiger partial charge in [-0.05, 0) is 37.7 Å². The average molecular weight is 252 g/mol. The van der Waals surface area contributed by atoms with Gasteiger partial charge in [0.15, 0.2) is 0 Å². The van der Waals surface area contributed by atoms with Gasteiger partial charge >= 0.3 is 5.97 Å². The molecule has 0 aliphatic heterocycles. The molecule has 1 aliphatic carbocycles. The summed E-state index contributed by atoms with van der Waals surface area (Å²) in [7, 11) is 0. The molecular formula is C16H28O2. The van der Waals surface area contributed by atoms with Crippen molar-refractivity contribution in [1.82, 2.24) is 0 Å². The first-order chi connectivity index (χ1) is 8.77. The first-order valence-corrected chi connectivity index (χ1v) is 7.69. The molecule has 0 heterocycles. The Kier molecular flexibility index (Phi) is 7.79. The third-order valence-electron chi connectivity index (χ3n) is 3.55. The highest BCUT2D eigenvalue weighted by Gasteiger charge is 2.17. The van der Waals surface area contributed by atoms with Gasteiger partial charge in [-0.3, -0.25) is 4.79 Å². The Labute approximate surface area is 112 Å². The SMILES string of the molecule is CCCCCCCC1=C(OC(=O)CCC)CCC1. The Bertz CT molecular complexity index is 279.